The number of carbonyl (C=O) groups is 1. The molecule has 4 heteroatoms. The fourth-order valence-corrected chi connectivity index (χ4v) is 2.51. The molecule has 0 bridgehead atoms. The van der Waals surface area contributed by atoms with Gasteiger partial charge < -0.3 is 15.7 Å². The Morgan fingerprint density at radius 2 is 2.00 bits per heavy atom. The molecule has 0 spiro atoms. The van der Waals surface area contributed by atoms with Crippen LogP contribution in [0.5, 0.6) is 0 Å². The van der Waals surface area contributed by atoms with Crippen LogP contribution in [0.25, 0.3) is 0 Å². The van der Waals surface area contributed by atoms with Crippen LogP contribution in [0.4, 0.5) is 0 Å². The second-order valence-corrected chi connectivity index (χ2v) is 5.48. The summed E-state index contributed by atoms with van der Waals surface area (Å²) in [4.78, 5) is 11.7. The summed E-state index contributed by atoms with van der Waals surface area (Å²) in [5.74, 6) is 0.899. The molecule has 106 valence electrons. The fourth-order valence-electron chi connectivity index (χ4n) is 2.51. The summed E-state index contributed by atoms with van der Waals surface area (Å²) in [6, 6.07) is 0.385. The van der Waals surface area contributed by atoms with Gasteiger partial charge in [-0.2, -0.15) is 0 Å². The van der Waals surface area contributed by atoms with Crippen molar-refractivity contribution in [3.8, 4) is 0 Å². The van der Waals surface area contributed by atoms with Crippen LogP contribution in [-0.2, 0) is 4.79 Å². The van der Waals surface area contributed by atoms with Crippen molar-refractivity contribution in [2.75, 3.05) is 19.7 Å². The Morgan fingerprint density at radius 3 is 2.61 bits per heavy atom. The zero-order valence-corrected chi connectivity index (χ0v) is 11.7. The zero-order chi connectivity index (χ0) is 13.4. The Bertz CT molecular complexity index is 246. The molecule has 1 amide bonds. The summed E-state index contributed by atoms with van der Waals surface area (Å²) in [6.07, 6.45) is 5.70. The van der Waals surface area contributed by atoms with E-state index in [1.807, 2.05) is 0 Å². The Labute approximate surface area is 111 Å². The third-order valence-electron chi connectivity index (χ3n) is 4.09. The molecule has 1 rings (SSSR count). The molecule has 0 aliphatic heterocycles. The minimum absolute atomic E-state index is 0.0672. The van der Waals surface area contributed by atoms with E-state index in [0.29, 0.717) is 31.0 Å². The summed E-state index contributed by atoms with van der Waals surface area (Å²) < 4.78 is 0. The fraction of sp³-hybridized carbons (Fsp3) is 0.929. The number of hydrogen-bond donors (Lipinski definition) is 3. The smallest absolute Gasteiger partial charge is 0.233 e. The van der Waals surface area contributed by atoms with Crippen LogP contribution in [-0.4, -0.2) is 36.8 Å². The summed E-state index contributed by atoms with van der Waals surface area (Å²) >= 11 is 0. The highest BCUT2D eigenvalue weighted by Gasteiger charge is 2.24. The SMILES string of the molecule is CCC(C)NCC(=O)NCC1CCCCC1CO. The van der Waals surface area contributed by atoms with Crippen molar-refractivity contribution in [1.29, 1.82) is 0 Å². The highest BCUT2D eigenvalue weighted by atomic mass is 16.3. The maximum atomic E-state index is 11.7. The Balaban J connectivity index is 2.20. The molecule has 1 aliphatic carbocycles. The van der Waals surface area contributed by atoms with Crippen LogP contribution in [0.15, 0.2) is 0 Å². The lowest BCUT2D eigenvalue weighted by atomic mass is 9.79. The third-order valence-corrected chi connectivity index (χ3v) is 4.09. The van der Waals surface area contributed by atoms with E-state index in [4.69, 9.17) is 0 Å². The third kappa shape index (κ3) is 5.36. The van der Waals surface area contributed by atoms with Gasteiger partial charge in [-0.15, -0.1) is 0 Å². The molecule has 1 fully saturated rings. The van der Waals surface area contributed by atoms with Gasteiger partial charge in [0.15, 0.2) is 0 Å². The van der Waals surface area contributed by atoms with Gasteiger partial charge in [0.1, 0.15) is 0 Å². The molecular weight excluding hydrogens is 228 g/mol. The van der Waals surface area contributed by atoms with E-state index in [9.17, 15) is 9.90 Å². The highest BCUT2D eigenvalue weighted by molar-refractivity contribution is 5.78. The van der Waals surface area contributed by atoms with Gasteiger partial charge in [-0.05, 0) is 38.0 Å². The first-order chi connectivity index (χ1) is 8.67. The van der Waals surface area contributed by atoms with Crippen LogP contribution < -0.4 is 10.6 Å². The van der Waals surface area contributed by atoms with E-state index in [0.717, 1.165) is 19.3 Å². The number of hydrogen-bond acceptors (Lipinski definition) is 3. The molecule has 0 aromatic heterocycles. The molecule has 3 unspecified atom stereocenters. The first-order valence-electron chi connectivity index (χ1n) is 7.28. The van der Waals surface area contributed by atoms with Gasteiger partial charge in [0.2, 0.25) is 5.91 Å². The van der Waals surface area contributed by atoms with E-state index in [-0.39, 0.29) is 12.5 Å². The summed E-state index contributed by atoms with van der Waals surface area (Å²) in [7, 11) is 0. The molecule has 0 saturated heterocycles. The molecule has 1 saturated carbocycles. The van der Waals surface area contributed by atoms with Crippen LogP contribution >= 0.6 is 0 Å². The molecule has 0 heterocycles. The van der Waals surface area contributed by atoms with Gasteiger partial charge in [0, 0.05) is 19.2 Å². The van der Waals surface area contributed by atoms with Crippen molar-refractivity contribution in [3.05, 3.63) is 0 Å². The number of nitrogens with one attached hydrogen (secondary N) is 2. The lowest BCUT2D eigenvalue weighted by Gasteiger charge is -2.30. The van der Waals surface area contributed by atoms with Gasteiger partial charge in [-0.1, -0.05) is 19.8 Å². The van der Waals surface area contributed by atoms with Gasteiger partial charge in [-0.25, -0.2) is 0 Å². The molecule has 3 N–H and O–H groups in total. The van der Waals surface area contributed by atoms with E-state index in [2.05, 4.69) is 24.5 Å². The molecule has 0 radical (unpaired) electrons. The van der Waals surface area contributed by atoms with Gasteiger partial charge in [0.25, 0.3) is 0 Å². The van der Waals surface area contributed by atoms with E-state index in [1.165, 1.54) is 12.8 Å². The van der Waals surface area contributed by atoms with Gasteiger partial charge in [-0.3, -0.25) is 4.79 Å². The van der Waals surface area contributed by atoms with Crippen molar-refractivity contribution in [2.24, 2.45) is 11.8 Å². The molecule has 4 nitrogen and oxygen atoms in total. The summed E-state index contributed by atoms with van der Waals surface area (Å²) in [5.41, 5.74) is 0. The molecule has 0 aromatic rings. The average Bonchev–Trinajstić information content (AvgIpc) is 2.42. The van der Waals surface area contributed by atoms with Crippen molar-refractivity contribution in [1.82, 2.24) is 10.6 Å². The second-order valence-electron chi connectivity index (χ2n) is 5.48. The maximum absolute atomic E-state index is 11.7. The maximum Gasteiger partial charge on any atom is 0.233 e. The highest BCUT2D eigenvalue weighted by Crippen LogP contribution is 2.28. The van der Waals surface area contributed by atoms with Crippen LogP contribution in [0, 0.1) is 11.8 Å². The quantitative estimate of drug-likeness (QED) is 0.643. The molecular formula is C14H28N2O2. The number of rotatable bonds is 7. The second kappa shape index (κ2) is 8.48. The van der Waals surface area contributed by atoms with E-state index < -0.39 is 0 Å². The number of aliphatic hydroxyl groups is 1. The topological polar surface area (TPSA) is 61.4 Å². The van der Waals surface area contributed by atoms with E-state index >= 15 is 0 Å². The summed E-state index contributed by atoms with van der Waals surface area (Å²) in [5, 5.41) is 15.5. The average molecular weight is 256 g/mol. The number of aliphatic hydroxyl groups excluding tert-OH is 1. The molecule has 3 atom stereocenters. The molecule has 1 aliphatic rings. The monoisotopic (exact) mass is 256 g/mol. The Morgan fingerprint density at radius 1 is 1.33 bits per heavy atom. The first kappa shape index (κ1) is 15.4. The zero-order valence-electron chi connectivity index (χ0n) is 11.7. The van der Waals surface area contributed by atoms with Crippen molar-refractivity contribution < 1.29 is 9.90 Å². The van der Waals surface area contributed by atoms with Crippen molar-refractivity contribution in [3.63, 3.8) is 0 Å². The molecule has 0 aromatic carbocycles. The standard InChI is InChI=1S/C14H28N2O2/c1-3-11(2)15-9-14(18)16-8-12-6-4-5-7-13(12)10-17/h11-13,15,17H,3-10H2,1-2H3,(H,16,18). The van der Waals surface area contributed by atoms with Gasteiger partial charge >= 0.3 is 0 Å². The lowest BCUT2D eigenvalue weighted by Crippen LogP contribution is -2.41. The minimum atomic E-state index is 0.0672. The summed E-state index contributed by atoms with van der Waals surface area (Å²) in [6.45, 7) is 5.54. The largest absolute Gasteiger partial charge is 0.396 e. The predicted octanol–water partition coefficient (Wildman–Crippen LogP) is 1.29. The first-order valence-corrected chi connectivity index (χ1v) is 7.28. The van der Waals surface area contributed by atoms with E-state index in [1.54, 1.807) is 0 Å². The van der Waals surface area contributed by atoms with Crippen LogP contribution in [0.2, 0.25) is 0 Å². The number of amides is 1. The Hall–Kier alpha value is -0.610. The lowest BCUT2D eigenvalue weighted by molar-refractivity contribution is -0.120. The molecule has 18 heavy (non-hydrogen) atoms. The Kier molecular flexibility index (Phi) is 7.28. The minimum Gasteiger partial charge on any atom is -0.396 e. The van der Waals surface area contributed by atoms with Crippen LogP contribution in [0.1, 0.15) is 46.0 Å². The van der Waals surface area contributed by atoms with Crippen molar-refractivity contribution >= 4 is 5.91 Å². The predicted molar refractivity (Wildman–Crippen MR) is 73.3 cm³/mol. The normalized spacial score (nSPS) is 25.7. The van der Waals surface area contributed by atoms with Gasteiger partial charge in [0.05, 0.1) is 6.54 Å². The van der Waals surface area contributed by atoms with Crippen LogP contribution in [0.3, 0.4) is 0 Å². The number of carbonyl (C=O) groups excluding carboxylic acids is 1. The van der Waals surface area contributed by atoms with Crippen molar-refractivity contribution in [2.45, 2.75) is 52.0 Å².